The van der Waals surface area contributed by atoms with Gasteiger partial charge in [0, 0.05) is 6.42 Å². The van der Waals surface area contributed by atoms with E-state index < -0.39 is 4.92 Å². The number of carbonyl (C=O) groups excluding carboxylic acids is 1. The third-order valence-electron chi connectivity index (χ3n) is 2.86. The second kappa shape index (κ2) is 5.35. The van der Waals surface area contributed by atoms with Crippen LogP contribution in [0.4, 0.5) is 5.88 Å². The summed E-state index contributed by atoms with van der Waals surface area (Å²) < 4.78 is 4.89. The summed E-state index contributed by atoms with van der Waals surface area (Å²) in [6.45, 7) is 0. The van der Waals surface area contributed by atoms with Crippen molar-refractivity contribution in [1.29, 1.82) is 0 Å². The first-order valence-electron chi connectivity index (χ1n) is 5.52. The van der Waals surface area contributed by atoms with E-state index in [9.17, 15) is 14.9 Å². The molecule has 1 aliphatic rings. The number of nitrogens with zero attached hydrogens (tertiary/aromatic N) is 1. The molecule has 6 heteroatoms. The van der Waals surface area contributed by atoms with Gasteiger partial charge in [-0.3, -0.25) is 14.9 Å². The number of hydrogen-bond donors (Lipinski definition) is 0. The highest BCUT2D eigenvalue weighted by atomic mass is 32.2. The molecule has 0 amide bonds. The van der Waals surface area contributed by atoms with Crippen LogP contribution in [0.25, 0.3) is 0 Å². The first-order valence-corrected chi connectivity index (χ1v) is 6.67. The summed E-state index contributed by atoms with van der Waals surface area (Å²) in [4.78, 5) is 21.6. The van der Waals surface area contributed by atoms with Crippen molar-refractivity contribution >= 4 is 23.4 Å². The lowest BCUT2D eigenvalue weighted by atomic mass is 9.96. The number of rotatable bonds is 4. The molecule has 5 nitrogen and oxygen atoms in total. The van der Waals surface area contributed by atoms with Gasteiger partial charge in [0.1, 0.15) is 4.92 Å². The molecular formula is C11H13NO4S. The standard InChI is InChI=1S/C11H13NO4S/c13-9(7-8-3-5-17-6-4-8)10-1-2-11(16-10)12(14)15/h1-2,8H,3-7H2. The molecule has 0 N–H and O–H groups in total. The van der Waals surface area contributed by atoms with E-state index >= 15 is 0 Å². The van der Waals surface area contributed by atoms with Gasteiger partial charge in [-0.1, -0.05) is 0 Å². The zero-order valence-electron chi connectivity index (χ0n) is 9.26. The van der Waals surface area contributed by atoms with Crippen molar-refractivity contribution < 1.29 is 14.1 Å². The Morgan fingerprint density at radius 1 is 1.47 bits per heavy atom. The van der Waals surface area contributed by atoms with Crippen LogP contribution in [0, 0.1) is 16.0 Å². The van der Waals surface area contributed by atoms with Gasteiger partial charge in [-0.15, -0.1) is 0 Å². The van der Waals surface area contributed by atoms with E-state index in [0.29, 0.717) is 12.3 Å². The normalized spacial score (nSPS) is 16.9. The first-order chi connectivity index (χ1) is 8.16. The van der Waals surface area contributed by atoms with Gasteiger partial charge in [0.15, 0.2) is 11.5 Å². The summed E-state index contributed by atoms with van der Waals surface area (Å²) in [6, 6.07) is 2.61. The number of Topliss-reactive ketones (excluding diaryl/α,β-unsaturated/α-hetero) is 1. The quantitative estimate of drug-likeness (QED) is 0.470. The minimum absolute atomic E-state index is 0.106. The van der Waals surface area contributed by atoms with Gasteiger partial charge < -0.3 is 4.42 Å². The average Bonchev–Trinajstić information content (AvgIpc) is 2.79. The maximum atomic E-state index is 11.8. The Balaban J connectivity index is 1.96. The van der Waals surface area contributed by atoms with E-state index in [2.05, 4.69) is 0 Å². The maximum Gasteiger partial charge on any atom is 0.433 e. The molecule has 0 bridgehead atoms. The van der Waals surface area contributed by atoms with E-state index in [0.717, 1.165) is 24.3 Å². The number of hydrogen-bond acceptors (Lipinski definition) is 5. The Hall–Kier alpha value is -1.30. The fraction of sp³-hybridized carbons (Fsp3) is 0.545. The number of thioether (sulfide) groups is 1. The summed E-state index contributed by atoms with van der Waals surface area (Å²) in [5.41, 5.74) is 0. The van der Waals surface area contributed by atoms with E-state index in [-0.39, 0.29) is 17.4 Å². The maximum absolute atomic E-state index is 11.8. The van der Waals surface area contributed by atoms with Crippen LogP contribution in [0.1, 0.15) is 29.8 Å². The molecule has 0 aliphatic carbocycles. The van der Waals surface area contributed by atoms with Crippen molar-refractivity contribution in [2.75, 3.05) is 11.5 Å². The minimum Gasteiger partial charge on any atom is -0.397 e. The Kier molecular flexibility index (Phi) is 3.83. The van der Waals surface area contributed by atoms with Crippen LogP contribution in [0.5, 0.6) is 0 Å². The van der Waals surface area contributed by atoms with Gasteiger partial charge in [0.25, 0.3) is 0 Å². The van der Waals surface area contributed by atoms with Crippen LogP contribution >= 0.6 is 11.8 Å². The lowest BCUT2D eigenvalue weighted by molar-refractivity contribution is -0.402. The fourth-order valence-electron chi connectivity index (χ4n) is 1.89. The Morgan fingerprint density at radius 3 is 2.76 bits per heavy atom. The molecule has 0 atom stereocenters. The molecule has 0 aromatic carbocycles. The Labute approximate surface area is 103 Å². The van der Waals surface area contributed by atoms with Crippen molar-refractivity contribution in [3.05, 3.63) is 28.0 Å². The molecule has 1 aromatic rings. The Morgan fingerprint density at radius 2 is 2.18 bits per heavy atom. The molecule has 0 saturated carbocycles. The van der Waals surface area contributed by atoms with E-state index in [1.54, 1.807) is 0 Å². The molecule has 1 aromatic heterocycles. The largest absolute Gasteiger partial charge is 0.433 e. The molecule has 0 spiro atoms. The van der Waals surface area contributed by atoms with E-state index in [1.165, 1.54) is 12.1 Å². The second-order valence-electron chi connectivity index (χ2n) is 4.08. The van der Waals surface area contributed by atoms with E-state index in [4.69, 9.17) is 4.42 Å². The third kappa shape index (κ3) is 3.09. The topological polar surface area (TPSA) is 73.3 Å². The van der Waals surface area contributed by atoms with Crippen molar-refractivity contribution in [3.63, 3.8) is 0 Å². The molecule has 1 saturated heterocycles. The molecule has 1 aliphatic heterocycles. The smallest absolute Gasteiger partial charge is 0.397 e. The molecule has 92 valence electrons. The minimum atomic E-state index is -0.631. The summed E-state index contributed by atoms with van der Waals surface area (Å²) in [5, 5.41) is 10.4. The molecule has 17 heavy (non-hydrogen) atoms. The number of nitro groups is 1. The highest BCUT2D eigenvalue weighted by molar-refractivity contribution is 7.99. The van der Waals surface area contributed by atoms with Gasteiger partial charge in [-0.25, -0.2) is 0 Å². The van der Waals surface area contributed by atoms with Crippen LogP contribution in [-0.2, 0) is 0 Å². The highest BCUT2D eigenvalue weighted by Gasteiger charge is 2.22. The van der Waals surface area contributed by atoms with Crippen LogP contribution in [0.3, 0.4) is 0 Å². The lowest BCUT2D eigenvalue weighted by Crippen LogP contribution is -2.14. The summed E-state index contributed by atoms with van der Waals surface area (Å²) in [6.07, 6.45) is 2.52. The molecule has 2 heterocycles. The summed E-state index contributed by atoms with van der Waals surface area (Å²) in [7, 11) is 0. The predicted octanol–water partition coefficient (Wildman–Crippen LogP) is 2.90. The molecule has 0 unspecified atom stereocenters. The third-order valence-corrected chi connectivity index (χ3v) is 3.91. The van der Waals surface area contributed by atoms with Crippen LogP contribution in [0.2, 0.25) is 0 Å². The van der Waals surface area contributed by atoms with Crippen molar-refractivity contribution in [2.45, 2.75) is 19.3 Å². The van der Waals surface area contributed by atoms with E-state index in [1.807, 2.05) is 11.8 Å². The zero-order chi connectivity index (χ0) is 12.3. The highest BCUT2D eigenvalue weighted by Crippen LogP contribution is 2.27. The van der Waals surface area contributed by atoms with Crippen molar-refractivity contribution in [2.24, 2.45) is 5.92 Å². The molecule has 1 fully saturated rings. The van der Waals surface area contributed by atoms with Gasteiger partial charge >= 0.3 is 5.88 Å². The number of ketones is 1. The van der Waals surface area contributed by atoms with Crippen LogP contribution in [-0.4, -0.2) is 22.2 Å². The van der Waals surface area contributed by atoms with Gasteiger partial charge in [0.05, 0.1) is 6.07 Å². The average molecular weight is 255 g/mol. The lowest BCUT2D eigenvalue weighted by Gasteiger charge is -2.19. The zero-order valence-corrected chi connectivity index (χ0v) is 10.1. The fourth-order valence-corrected chi connectivity index (χ4v) is 3.09. The van der Waals surface area contributed by atoms with Crippen LogP contribution in [0.15, 0.2) is 16.5 Å². The molecule has 2 rings (SSSR count). The number of furan rings is 1. The van der Waals surface area contributed by atoms with Gasteiger partial charge in [-0.2, -0.15) is 11.8 Å². The number of carbonyl (C=O) groups is 1. The van der Waals surface area contributed by atoms with Crippen molar-refractivity contribution in [3.8, 4) is 0 Å². The molecular weight excluding hydrogens is 242 g/mol. The Bertz CT molecular complexity index is 423. The summed E-state index contributed by atoms with van der Waals surface area (Å²) in [5.74, 6) is 2.19. The predicted molar refractivity (Wildman–Crippen MR) is 64.4 cm³/mol. The van der Waals surface area contributed by atoms with Crippen LogP contribution < -0.4 is 0 Å². The monoisotopic (exact) mass is 255 g/mol. The first kappa shape index (κ1) is 12.2. The molecule has 0 radical (unpaired) electrons. The van der Waals surface area contributed by atoms with Gasteiger partial charge in [0.2, 0.25) is 0 Å². The second-order valence-corrected chi connectivity index (χ2v) is 5.30. The van der Waals surface area contributed by atoms with Crippen molar-refractivity contribution in [1.82, 2.24) is 0 Å². The van der Waals surface area contributed by atoms with Gasteiger partial charge in [-0.05, 0) is 36.3 Å². The SMILES string of the molecule is O=C(CC1CCSCC1)c1ccc([N+](=O)[O-])o1. The summed E-state index contributed by atoms with van der Waals surface area (Å²) >= 11 is 1.91.